The Morgan fingerprint density at radius 3 is 2.48 bits per heavy atom. The van der Waals surface area contributed by atoms with Gasteiger partial charge < -0.3 is 15.4 Å². The normalized spacial score (nSPS) is 11.6. The minimum atomic E-state index is -0.209. The molecule has 6 heteroatoms. The number of anilines is 1. The smallest absolute Gasteiger partial charge is 0.270 e. The van der Waals surface area contributed by atoms with E-state index >= 15 is 0 Å². The highest BCUT2D eigenvalue weighted by Gasteiger charge is 2.12. The van der Waals surface area contributed by atoms with Gasteiger partial charge in [0.25, 0.3) is 5.91 Å². The average molecular weight is 390 g/mol. The Labute approximate surface area is 171 Å². The maximum Gasteiger partial charge on any atom is 0.270 e. The molecule has 29 heavy (non-hydrogen) atoms. The maximum absolute atomic E-state index is 12.5. The Hall–Kier alpha value is -3.41. The van der Waals surface area contributed by atoms with Gasteiger partial charge in [0.15, 0.2) is 0 Å². The SMILES string of the molecule is COc1ccc(CCNC(=O)c2cc(C)nc(NC(C)c3ccccc3)n2)cc1. The molecule has 2 N–H and O–H groups in total. The molecule has 0 bridgehead atoms. The number of hydrogen-bond acceptors (Lipinski definition) is 5. The molecule has 1 amide bonds. The minimum absolute atomic E-state index is 0.0315. The number of hydrogen-bond donors (Lipinski definition) is 2. The van der Waals surface area contributed by atoms with E-state index in [4.69, 9.17) is 4.74 Å². The lowest BCUT2D eigenvalue weighted by Gasteiger charge is -2.15. The number of nitrogens with zero attached hydrogens (tertiary/aromatic N) is 2. The molecule has 150 valence electrons. The van der Waals surface area contributed by atoms with Crippen molar-refractivity contribution >= 4 is 11.9 Å². The number of rotatable bonds is 8. The molecule has 3 rings (SSSR count). The molecule has 0 spiro atoms. The van der Waals surface area contributed by atoms with E-state index in [1.165, 1.54) is 0 Å². The molecule has 2 aromatic carbocycles. The van der Waals surface area contributed by atoms with Crippen molar-refractivity contribution < 1.29 is 9.53 Å². The summed E-state index contributed by atoms with van der Waals surface area (Å²) in [6.45, 7) is 4.42. The Kier molecular flexibility index (Phi) is 6.79. The van der Waals surface area contributed by atoms with E-state index in [9.17, 15) is 4.79 Å². The van der Waals surface area contributed by atoms with Gasteiger partial charge in [-0.05, 0) is 49.6 Å². The van der Waals surface area contributed by atoms with Gasteiger partial charge >= 0.3 is 0 Å². The van der Waals surface area contributed by atoms with Gasteiger partial charge in [-0.3, -0.25) is 4.79 Å². The van der Waals surface area contributed by atoms with Crippen molar-refractivity contribution in [1.29, 1.82) is 0 Å². The van der Waals surface area contributed by atoms with Crippen molar-refractivity contribution in [3.05, 3.63) is 83.2 Å². The van der Waals surface area contributed by atoms with E-state index in [1.807, 2.05) is 68.4 Å². The first-order valence-electron chi connectivity index (χ1n) is 9.63. The predicted molar refractivity (Wildman–Crippen MR) is 114 cm³/mol. The molecule has 3 aromatic rings. The number of carbonyl (C=O) groups is 1. The summed E-state index contributed by atoms with van der Waals surface area (Å²) in [5.74, 6) is 1.06. The molecule has 0 saturated carbocycles. The molecule has 1 aromatic heterocycles. The van der Waals surface area contributed by atoms with Crippen molar-refractivity contribution in [3.63, 3.8) is 0 Å². The molecule has 0 radical (unpaired) electrons. The summed E-state index contributed by atoms with van der Waals surface area (Å²) < 4.78 is 5.16. The third-order valence-electron chi connectivity index (χ3n) is 4.59. The summed E-state index contributed by atoms with van der Waals surface area (Å²) in [7, 11) is 1.64. The van der Waals surface area contributed by atoms with Gasteiger partial charge in [0.05, 0.1) is 13.2 Å². The largest absolute Gasteiger partial charge is 0.497 e. The quantitative estimate of drug-likeness (QED) is 0.609. The number of amides is 1. The van der Waals surface area contributed by atoms with E-state index in [1.54, 1.807) is 13.2 Å². The molecule has 0 fully saturated rings. The molecule has 1 unspecified atom stereocenters. The Balaban J connectivity index is 1.59. The summed E-state index contributed by atoms with van der Waals surface area (Å²) in [6, 6.07) is 19.6. The van der Waals surface area contributed by atoms with Crippen LogP contribution in [0.1, 0.15) is 40.3 Å². The zero-order valence-corrected chi connectivity index (χ0v) is 17.0. The van der Waals surface area contributed by atoms with Gasteiger partial charge in [-0.15, -0.1) is 0 Å². The van der Waals surface area contributed by atoms with Gasteiger partial charge in [0.1, 0.15) is 11.4 Å². The van der Waals surface area contributed by atoms with Crippen LogP contribution in [0.3, 0.4) is 0 Å². The molecule has 0 aliphatic rings. The highest BCUT2D eigenvalue weighted by Crippen LogP contribution is 2.17. The summed E-state index contributed by atoms with van der Waals surface area (Å²) in [5, 5.41) is 6.20. The van der Waals surface area contributed by atoms with E-state index in [0.29, 0.717) is 18.2 Å². The maximum atomic E-state index is 12.5. The lowest BCUT2D eigenvalue weighted by Crippen LogP contribution is -2.27. The van der Waals surface area contributed by atoms with E-state index in [0.717, 1.165) is 29.0 Å². The van der Waals surface area contributed by atoms with Crippen molar-refractivity contribution in [2.24, 2.45) is 0 Å². The number of ether oxygens (including phenoxy) is 1. The topological polar surface area (TPSA) is 76.1 Å². The van der Waals surface area contributed by atoms with E-state index in [-0.39, 0.29) is 11.9 Å². The first-order valence-corrected chi connectivity index (χ1v) is 9.63. The zero-order chi connectivity index (χ0) is 20.6. The van der Waals surface area contributed by atoms with Crippen molar-refractivity contribution in [1.82, 2.24) is 15.3 Å². The summed E-state index contributed by atoms with van der Waals surface area (Å²) in [6.07, 6.45) is 0.732. The second-order valence-corrected chi connectivity index (χ2v) is 6.85. The van der Waals surface area contributed by atoms with Gasteiger partial charge in [-0.2, -0.15) is 0 Å². The number of aromatic nitrogens is 2. The third kappa shape index (κ3) is 5.78. The van der Waals surface area contributed by atoms with Crippen LogP contribution in [-0.4, -0.2) is 29.5 Å². The highest BCUT2D eigenvalue weighted by atomic mass is 16.5. The van der Waals surface area contributed by atoms with Crippen molar-refractivity contribution in [2.45, 2.75) is 26.3 Å². The molecular formula is C23H26N4O2. The van der Waals surface area contributed by atoms with Gasteiger partial charge in [-0.25, -0.2) is 9.97 Å². The van der Waals surface area contributed by atoms with Crippen LogP contribution in [0.2, 0.25) is 0 Å². The molecule has 1 heterocycles. The Morgan fingerprint density at radius 1 is 1.07 bits per heavy atom. The zero-order valence-electron chi connectivity index (χ0n) is 17.0. The minimum Gasteiger partial charge on any atom is -0.497 e. The fourth-order valence-corrected chi connectivity index (χ4v) is 2.97. The Morgan fingerprint density at radius 2 is 1.79 bits per heavy atom. The predicted octanol–water partition coefficient (Wildman–Crippen LogP) is 3.94. The molecule has 0 aliphatic heterocycles. The van der Waals surface area contributed by atoms with Gasteiger partial charge in [0.2, 0.25) is 5.95 Å². The number of benzene rings is 2. The molecule has 0 saturated heterocycles. The Bertz CT molecular complexity index is 943. The van der Waals surface area contributed by atoms with Crippen LogP contribution in [-0.2, 0) is 6.42 Å². The number of aryl methyl sites for hydroxylation is 1. The first-order chi connectivity index (χ1) is 14.0. The molecular weight excluding hydrogens is 364 g/mol. The van der Waals surface area contributed by atoms with Crippen LogP contribution < -0.4 is 15.4 Å². The van der Waals surface area contributed by atoms with Gasteiger partial charge in [-0.1, -0.05) is 42.5 Å². The van der Waals surface area contributed by atoms with E-state index < -0.39 is 0 Å². The van der Waals surface area contributed by atoms with Crippen molar-refractivity contribution in [3.8, 4) is 5.75 Å². The fraction of sp³-hybridized carbons (Fsp3) is 0.261. The lowest BCUT2D eigenvalue weighted by molar-refractivity contribution is 0.0949. The number of methoxy groups -OCH3 is 1. The molecule has 6 nitrogen and oxygen atoms in total. The monoisotopic (exact) mass is 390 g/mol. The van der Waals surface area contributed by atoms with Gasteiger partial charge in [0, 0.05) is 12.2 Å². The number of nitrogens with one attached hydrogen (secondary N) is 2. The second-order valence-electron chi connectivity index (χ2n) is 6.85. The fourth-order valence-electron chi connectivity index (χ4n) is 2.97. The van der Waals surface area contributed by atoms with Crippen LogP contribution in [0.5, 0.6) is 5.75 Å². The summed E-state index contributed by atoms with van der Waals surface area (Å²) in [4.78, 5) is 21.4. The lowest BCUT2D eigenvalue weighted by atomic mass is 10.1. The average Bonchev–Trinajstić information content (AvgIpc) is 2.74. The van der Waals surface area contributed by atoms with E-state index in [2.05, 4.69) is 20.6 Å². The first kappa shape index (κ1) is 20.3. The standard InChI is InChI=1S/C23H26N4O2/c1-16-15-21(22(28)24-14-13-18-9-11-20(29-3)12-10-18)27-23(25-16)26-17(2)19-7-5-4-6-8-19/h4-12,15,17H,13-14H2,1-3H3,(H,24,28)(H,25,26,27). The summed E-state index contributed by atoms with van der Waals surface area (Å²) >= 11 is 0. The van der Waals surface area contributed by atoms with Crippen LogP contribution in [0.4, 0.5) is 5.95 Å². The van der Waals surface area contributed by atoms with Crippen LogP contribution in [0.25, 0.3) is 0 Å². The van der Waals surface area contributed by atoms with Crippen LogP contribution in [0.15, 0.2) is 60.7 Å². The number of carbonyl (C=O) groups excluding carboxylic acids is 1. The van der Waals surface area contributed by atoms with Crippen LogP contribution >= 0.6 is 0 Å². The third-order valence-corrected chi connectivity index (χ3v) is 4.59. The summed E-state index contributed by atoms with van der Waals surface area (Å²) in [5.41, 5.74) is 3.35. The second kappa shape index (κ2) is 9.68. The molecule has 1 atom stereocenters. The molecule has 0 aliphatic carbocycles. The van der Waals surface area contributed by atoms with Crippen molar-refractivity contribution in [2.75, 3.05) is 19.0 Å². The van der Waals surface area contributed by atoms with Crippen LogP contribution in [0, 0.1) is 6.92 Å². The highest BCUT2D eigenvalue weighted by molar-refractivity contribution is 5.92.